The van der Waals surface area contributed by atoms with Gasteiger partial charge >= 0.3 is 0 Å². The van der Waals surface area contributed by atoms with Crippen LogP contribution in [0.3, 0.4) is 0 Å². The summed E-state index contributed by atoms with van der Waals surface area (Å²) >= 11 is 11.9. The fourth-order valence-corrected chi connectivity index (χ4v) is 2.60. The van der Waals surface area contributed by atoms with Gasteiger partial charge in [0.25, 0.3) is 5.91 Å². The molecule has 0 spiro atoms. The summed E-state index contributed by atoms with van der Waals surface area (Å²) in [6, 6.07) is 8.62. The maximum absolute atomic E-state index is 12.5. The zero-order chi connectivity index (χ0) is 16.6. The molecule has 0 bridgehead atoms. The molecule has 0 aliphatic rings. The molecule has 0 radical (unpaired) electrons. The van der Waals surface area contributed by atoms with Crippen molar-refractivity contribution in [1.82, 2.24) is 14.8 Å². The molecule has 5 nitrogen and oxygen atoms in total. The van der Waals surface area contributed by atoms with Gasteiger partial charge in [-0.05, 0) is 37.3 Å². The summed E-state index contributed by atoms with van der Waals surface area (Å²) in [6.45, 7) is 1.85. The standard InChI is InChI=1S/C16H14Cl2N4O/c1-9-14(15(21-20-9)13-4-3-7-22(13)2)19-16(23)10-5-6-11(17)12(18)8-10/h3-8H,1-2H3,(H,19,23)(H,20,21). The largest absolute Gasteiger partial charge is 0.349 e. The second kappa shape index (κ2) is 6.10. The molecule has 0 fully saturated rings. The van der Waals surface area contributed by atoms with E-state index in [0.29, 0.717) is 27.0 Å². The maximum Gasteiger partial charge on any atom is 0.255 e. The number of benzene rings is 1. The Morgan fingerprint density at radius 3 is 2.70 bits per heavy atom. The average Bonchev–Trinajstić information content (AvgIpc) is 3.08. The normalized spacial score (nSPS) is 10.8. The summed E-state index contributed by atoms with van der Waals surface area (Å²) < 4.78 is 1.93. The third kappa shape index (κ3) is 2.98. The minimum Gasteiger partial charge on any atom is -0.349 e. The Morgan fingerprint density at radius 1 is 1.26 bits per heavy atom. The van der Waals surface area contributed by atoms with Gasteiger partial charge in [-0.1, -0.05) is 23.2 Å². The van der Waals surface area contributed by atoms with Crippen LogP contribution in [-0.4, -0.2) is 20.7 Å². The van der Waals surface area contributed by atoms with Crippen LogP contribution in [-0.2, 0) is 7.05 Å². The van der Waals surface area contributed by atoms with Crippen molar-refractivity contribution < 1.29 is 4.79 Å². The lowest BCUT2D eigenvalue weighted by Crippen LogP contribution is -2.13. The van der Waals surface area contributed by atoms with Crippen molar-refractivity contribution in [2.45, 2.75) is 6.92 Å². The predicted octanol–water partition coefficient (Wildman–Crippen LogP) is 4.28. The predicted molar refractivity (Wildman–Crippen MR) is 92.1 cm³/mol. The minimum absolute atomic E-state index is 0.275. The Morgan fingerprint density at radius 2 is 2.04 bits per heavy atom. The lowest BCUT2D eigenvalue weighted by Gasteiger charge is -2.08. The highest BCUT2D eigenvalue weighted by Gasteiger charge is 2.18. The first-order valence-electron chi connectivity index (χ1n) is 6.90. The summed E-state index contributed by atoms with van der Waals surface area (Å²) in [5.41, 5.74) is 3.43. The Kier molecular flexibility index (Phi) is 4.15. The highest BCUT2D eigenvalue weighted by atomic mass is 35.5. The van der Waals surface area contributed by atoms with Crippen molar-refractivity contribution in [2.24, 2.45) is 7.05 Å². The van der Waals surface area contributed by atoms with E-state index in [4.69, 9.17) is 23.2 Å². The number of aromatic nitrogens is 3. The molecule has 0 atom stereocenters. The smallest absolute Gasteiger partial charge is 0.255 e. The van der Waals surface area contributed by atoms with Gasteiger partial charge < -0.3 is 9.88 Å². The number of carbonyl (C=O) groups excluding carboxylic acids is 1. The lowest BCUT2D eigenvalue weighted by atomic mass is 10.2. The Balaban J connectivity index is 1.94. The molecule has 3 aromatic rings. The molecule has 1 aromatic carbocycles. The number of nitrogens with one attached hydrogen (secondary N) is 2. The highest BCUT2D eigenvalue weighted by molar-refractivity contribution is 6.42. The van der Waals surface area contributed by atoms with Gasteiger partial charge in [0.1, 0.15) is 5.69 Å². The molecule has 0 unspecified atom stereocenters. The van der Waals surface area contributed by atoms with Crippen LogP contribution in [0.1, 0.15) is 16.1 Å². The number of H-pyrrole nitrogens is 1. The molecular formula is C16H14Cl2N4O. The van der Waals surface area contributed by atoms with Gasteiger partial charge in [0.05, 0.1) is 27.1 Å². The van der Waals surface area contributed by atoms with Crippen LogP contribution >= 0.6 is 23.2 Å². The number of hydrogen-bond acceptors (Lipinski definition) is 2. The molecular weight excluding hydrogens is 335 g/mol. The van der Waals surface area contributed by atoms with Crippen LogP contribution in [0, 0.1) is 6.92 Å². The third-order valence-electron chi connectivity index (χ3n) is 3.55. The number of nitrogens with zero attached hydrogens (tertiary/aromatic N) is 2. The number of aryl methyl sites for hydroxylation is 2. The van der Waals surface area contributed by atoms with Crippen molar-refractivity contribution in [1.29, 1.82) is 0 Å². The van der Waals surface area contributed by atoms with Gasteiger partial charge in [0, 0.05) is 18.8 Å². The fourth-order valence-electron chi connectivity index (χ4n) is 2.30. The van der Waals surface area contributed by atoms with E-state index >= 15 is 0 Å². The van der Waals surface area contributed by atoms with Gasteiger partial charge in [-0.25, -0.2) is 0 Å². The monoisotopic (exact) mass is 348 g/mol. The number of hydrogen-bond donors (Lipinski definition) is 2. The molecule has 2 N–H and O–H groups in total. The van der Waals surface area contributed by atoms with Crippen LogP contribution in [0.5, 0.6) is 0 Å². The second-order valence-electron chi connectivity index (χ2n) is 5.16. The van der Waals surface area contributed by atoms with Crippen molar-refractivity contribution in [3.63, 3.8) is 0 Å². The summed E-state index contributed by atoms with van der Waals surface area (Å²) in [4.78, 5) is 12.5. The molecule has 3 rings (SSSR count). The number of anilines is 1. The van der Waals surface area contributed by atoms with E-state index in [2.05, 4.69) is 15.5 Å². The van der Waals surface area contributed by atoms with E-state index in [1.54, 1.807) is 12.1 Å². The first-order chi connectivity index (χ1) is 11.0. The molecule has 0 saturated heterocycles. The topological polar surface area (TPSA) is 62.7 Å². The van der Waals surface area contributed by atoms with Gasteiger partial charge in [-0.3, -0.25) is 9.89 Å². The van der Waals surface area contributed by atoms with E-state index < -0.39 is 0 Å². The van der Waals surface area contributed by atoms with Crippen LogP contribution in [0.4, 0.5) is 5.69 Å². The van der Waals surface area contributed by atoms with Gasteiger partial charge in [-0.2, -0.15) is 5.10 Å². The minimum atomic E-state index is -0.275. The fraction of sp³-hybridized carbons (Fsp3) is 0.125. The van der Waals surface area contributed by atoms with Crippen molar-refractivity contribution >= 4 is 34.8 Å². The summed E-state index contributed by atoms with van der Waals surface area (Å²) in [5.74, 6) is -0.275. The zero-order valence-corrected chi connectivity index (χ0v) is 14.0. The molecule has 2 aromatic heterocycles. The van der Waals surface area contributed by atoms with E-state index in [0.717, 1.165) is 11.4 Å². The number of rotatable bonds is 3. The maximum atomic E-state index is 12.5. The van der Waals surface area contributed by atoms with E-state index in [1.807, 2.05) is 36.9 Å². The van der Waals surface area contributed by atoms with Gasteiger partial charge in [0.15, 0.2) is 0 Å². The average molecular weight is 349 g/mol. The first kappa shape index (κ1) is 15.6. The Bertz CT molecular complexity index is 882. The Hall–Kier alpha value is -2.24. The third-order valence-corrected chi connectivity index (χ3v) is 4.29. The number of halogens is 2. The van der Waals surface area contributed by atoms with Crippen LogP contribution in [0.2, 0.25) is 10.0 Å². The highest BCUT2D eigenvalue weighted by Crippen LogP contribution is 2.29. The molecule has 0 aliphatic carbocycles. The van der Waals surface area contributed by atoms with E-state index in [9.17, 15) is 4.79 Å². The zero-order valence-electron chi connectivity index (χ0n) is 12.5. The quantitative estimate of drug-likeness (QED) is 0.741. The summed E-state index contributed by atoms with van der Waals surface area (Å²) in [7, 11) is 1.92. The molecule has 1 amide bonds. The van der Waals surface area contributed by atoms with Crippen LogP contribution in [0.15, 0.2) is 36.5 Å². The number of aromatic amines is 1. The molecule has 23 heavy (non-hydrogen) atoms. The number of carbonyl (C=O) groups is 1. The van der Waals surface area contributed by atoms with Crippen LogP contribution in [0.25, 0.3) is 11.4 Å². The van der Waals surface area contributed by atoms with E-state index in [-0.39, 0.29) is 5.91 Å². The SMILES string of the molecule is Cc1[nH]nc(-c2cccn2C)c1NC(=O)c1ccc(Cl)c(Cl)c1. The molecule has 2 heterocycles. The van der Waals surface area contributed by atoms with Crippen LogP contribution < -0.4 is 5.32 Å². The molecule has 118 valence electrons. The molecule has 0 aliphatic heterocycles. The lowest BCUT2D eigenvalue weighted by molar-refractivity contribution is 0.102. The molecule has 7 heteroatoms. The van der Waals surface area contributed by atoms with Crippen molar-refractivity contribution in [2.75, 3.05) is 5.32 Å². The molecule has 0 saturated carbocycles. The van der Waals surface area contributed by atoms with Gasteiger partial charge in [-0.15, -0.1) is 0 Å². The second-order valence-corrected chi connectivity index (χ2v) is 5.97. The van der Waals surface area contributed by atoms with E-state index in [1.165, 1.54) is 6.07 Å². The van der Waals surface area contributed by atoms with Crippen molar-refractivity contribution in [3.8, 4) is 11.4 Å². The number of amides is 1. The summed E-state index contributed by atoms with van der Waals surface area (Å²) in [5, 5.41) is 10.8. The van der Waals surface area contributed by atoms with Crippen molar-refractivity contribution in [3.05, 3.63) is 57.8 Å². The summed E-state index contributed by atoms with van der Waals surface area (Å²) in [6.07, 6.45) is 1.92. The first-order valence-corrected chi connectivity index (χ1v) is 7.66. The Labute approximate surface area is 143 Å². The van der Waals surface area contributed by atoms with Gasteiger partial charge in [0.2, 0.25) is 0 Å².